The highest BCUT2D eigenvalue weighted by Crippen LogP contribution is 2.11. The first-order chi connectivity index (χ1) is 7.13. The molecule has 15 heavy (non-hydrogen) atoms. The van der Waals surface area contributed by atoms with Gasteiger partial charge in [0.15, 0.2) is 0 Å². The van der Waals surface area contributed by atoms with E-state index in [0.29, 0.717) is 5.46 Å². The lowest BCUT2D eigenvalue weighted by atomic mass is 9.72. The molecule has 0 radical (unpaired) electrons. The predicted octanol–water partition coefficient (Wildman–Crippen LogP) is 1.05. The van der Waals surface area contributed by atoms with Gasteiger partial charge in [0.1, 0.15) is 0 Å². The van der Waals surface area contributed by atoms with Crippen LogP contribution in [0.4, 0.5) is 0 Å². The maximum Gasteiger partial charge on any atom is 0.488 e. The Morgan fingerprint density at radius 3 is 1.67 bits per heavy atom. The van der Waals surface area contributed by atoms with Crippen LogP contribution < -0.4 is 5.46 Å². The van der Waals surface area contributed by atoms with Crippen molar-refractivity contribution >= 4 is 12.6 Å². The van der Waals surface area contributed by atoms with Crippen molar-refractivity contribution in [3.05, 3.63) is 28.8 Å². The highest BCUT2D eigenvalue weighted by atomic mass is 16.4. The molecule has 0 aromatic heterocycles. The van der Waals surface area contributed by atoms with E-state index >= 15 is 0 Å². The maximum atomic E-state index is 9.37. The van der Waals surface area contributed by atoms with Crippen molar-refractivity contribution in [2.45, 2.75) is 40.0 Å². The summed E-state index contributed by atoms with van der Waals surface area (Å²) >= 11 is 0. The van der Waals surface area contributed by atoms with Gasteiger partial charge in [-0.1, -0.05) is 32.9 Å². The van der Waals surface area contributed by atoms with Crippen LogP contribution in [0, 0.1) is 0 Å². The van der Waals surface area contributed by atoms with Crippen molar-refractivity contribution in [3.8, 4) is 0 Å². The van der Waals surface area contributed by atoms with Crippen LogP contribution in [0.2, 0.25) is 0 Å². The third-order valence-corrected chi connectivity index (χ3v) is 2.84. The average Bonchev–Trinajstić information content (AvgIpc) is 2.26. The Balaban J connectivity index is 3.32. The molecule has 82 valence electrons. The largest absolute Gasteiger partial charge is 0.488 e. The van der Waals surface area contributed by atoms with Crippen LogP contribution in [0.25, 0.3) is 0 Å². The third kappa shape index (κ3) is 2.61. The number of benzene rings is 1. The summed E-state index contributed by atoms with van der Waals surface area (Å²) in [6, 6.07) is 4.15. The Kier molecular flexibility index (Phi) is 4.36. The second kappa shape index (κ2) is 5.33. The van der Waals surface area contributed by atoms with Gasteiger partial charge < -0.3 is 10.0 Å². The highest BCUT2D eigenvalue weighted by Gasteiger charge is 2.19. The van der Waals surface area contributed by atoms with Gasteiger partial charge in [-0.05, 0) is 41.4 Å². The molecular formula is C12H19BO2. The molecule has 0 atom stereocenters. The Bertz CT molecular complexity index is 309. The molecule has 0 fully saturated rings. The Labute approximate surface area is 92.1 Å². The molecule has 1 aromatic carbocycles. The number of hydrogen-bond acceptors (Lipinski definition) is 2. The van der Waals surface area contributed by atoms with Gasteiger partial charge in [0.25, 0.3) is 0 Å². The lowest BCUT2D eigenvalue weighted by Crippen LogP contribution is -2.36. The van der Waals surface area contributed by atoms with E-state index in [1.165, 1.54) is 5.56 Å². The average molecular weight is 206 g/mol. The van der Waals surface area contributed by atoms with Crippen LogP contribution in [0.1, 0.15) is 37.5 Å². The Hall–Kier alpha value is -0.795. The minimum Gasteiger partial charge on any atom is -0.423 e. The van der Waals surface area contributed by atoms with E-state index in [2.05, 4.69) is 19.1 Å². The molecule has 3 heteroatoms. The summed E-state index contributed by atoms with van der Waals surface area (Å²) in [6.07, 6.45) is 2.67. The summed E-state index contributed by atoms with van der Waals surface area (Å²) < 4.78 is 0. The van der Waals surface area contributed by atoms with Crippen LogP contribution in [-0.4, -0.2) is 17.2 Å². The van der Waals surface area contributed by atoms with E-state index in [1.807, 2.05) is 13.8 Å². The lowest BCUT2D eigenvalue weighted by Gasteiger charge is -2.14. The second-order valence-electron chi connectivity index (χ2n) is 3.76. The summed E-state index contributed by atoms with van der Waals surface area (Å²) in [5, 5.41) is 18.7. The number of aryl methyl sites for hydroxylation is 3. The van der Waals surface area contributed by atoms with Crippen molar-refractivity contribution in [2.75, 3.05) is 0 Å². The minimum atomic E-state index is -1.35. The maximum absolute atomic E-state index is 9.37. The van der Waals surface area contributed by atoms with Crippen molar-refractivity contribution in [2.24, 2.45) is 0 Å². The molecular weight excluding hydrogens is 187 g/mol. The summed E-state index contributed by atoms with van der Waals surface area (Å²) in [7, 11) is -1.35. The van der Waals surface area contributed by atoms with Crippen LogP contribution in [0.15, 0.2) is 12.1 Å². The molecule has 2 N–H and O–H groups in total. The summed E-state index contributed by atoms with van der Waals surface area (Å²) in [4.78, 5) is 0. The SMILES string of the molecule is CCc1cc(CC)c(B(O)O)c(CC)c1. The van der Waals surface area contributed by atoms with Crippen molar-refractivity contribution in [1.29, 1.82) is 0 Å². The molecule has 1 rings (SSSR count). The monoisotopic (exact) mass is 206 g/mol. The molecule has 0 saturated heterocycles. The van der Waals surface area contributed by atoms with E-state index in [9.17, 15) is 10.0 Å². The Morgan fingerprint density at radius 2 is 1.40 bits per heavy atom. The van der Waals surface area contributed by atoms with E-state index in [0.717, 1.165) is 30.4 Å². The zero-order valence-corrected chi connectivity index (χ0v) is 9.75. The van der Waals surface area contributed by atoms with E-state index in [4.69, 9.17) is 0 Å². The molecule has 0 unspecified atom stereocenters. The lowest BCUT2D eigenvalue weighted by molar-refractivity contribution is 0.425. The fourth-order valence-corrected chi connectivity index (χ4v) is 1.97. The quantitative estimate of drug-likeness (QED) is 0.723. The molecule has 0 aliphatic carbocycles. The van der Waals surface area contributed by atoms with Gasteiger partial charge in [-0.15, -0.1) is 0 Å². The molecule has 0 heterocycles. The van der Waals surface area contributed by atoms with Gasteiger partial charge in [-0.3, -0.25) is 0 Å². The number of rotatable bonds is 4. The molecule has 0 aliphatic heterocycles. The molecule has 0 spiro atoms. The smallest absolute Gasteiger partial charge is 0.423 e. The van der Waals surface area contributed by atoms with Gasteiger partial charge >= 0.3 is 7.12 Å². The molecule has 0 saturated carbocycles. The molecule has 1 aromatic rings. The van der Waals surface area contributed by atoms with Crippen molar-refractivity contribution < 1.29 is 10.0 Å². The number of hydrogen-bond donors (Lipinski definition) is 2. The molecule has 0 amide bonds. The Morgan fingerprint density at radius 1 is 0.933 bits per heavy atom. The predicted molar refractivity (Wildman–Crippen MR) is 64.4 cm³/mol. The van der Waals surface area contributed by atoms with Gasteiger partial charge in [-0.25, -0.2) is 0 Å². The first-order valence-electron chi connectivity index (χ1n) is 5.64. The minimum absolute atomic E-state index is 0.706. The van der Waals surface area contributed by atoms with E-state index in [-0.39, 0.29) is 0 Å². The van der Waals surface area contributed by atoms with Gasteiger partial charge in [-0.2, -0.15) is 0 Å². The molecule has 0 aliphatic rings. The van der Waals surface area contributed by atoms with Crippen LogP contribution in [-0.2, 0) is 19.3 Å². The van der Waals surface area contributed by atoms with Gasteiger partial charge in [0, 0.05) is 0 Å². The fraction of sp³-hybridized carbons (Fsp3) is 0.500. The normalized spacial score (nSPS) is 10.5. The van der Waals surface area contributed by atoms with Gasteiger partial charge in [0.2, 0.25) is 0 Å². The summed E-state index contributed by atoms with van der Waals surface area (Å²) in [5.74, 6) is 0. The van der Waals surface area contributed by atoms with E-state index in [1.54, 1.807) is 0 Å². The summed E-state index contributed by atoms with van der Waals surface area (Å²) in [5.41, 5.74) is 4.09. The zero-order valence-electron chi connectivity index (χ0n) is 9.75. The molecule has 0 bridgehead atoms. The van der Waals surface area contributed by atoms with E-state index < -0.39 is 7.12 Å². The first kappa shape index (κ1) is 12.3. The highest BCUT2D eigenvalue weighted by molar-refractivity contribution is 6.59. The van der Waals surface area contributed by atoms with Crippen LogP contribution in [0.5, 0.6) is 0 Å². The third-order valence-electron chi connectivity index (χ3n) is 2.84. The zero-order chi connectivity index (χ0) is 11.4. The summed E-state index contributed by atoms with van der Waals surface area (Å²) in [6.45, 7) is 6.20. The first-order valence-corrected chi connectivity index (χ1v) is 5.64. The fourth-order valence-electron chi connectivity index (χ4n) is 1.97. The van der Waals surface area contributed by atoms with Crippen LogP contribution >= 0.6 is 0 Å². The van der Waals surface area contributed by atoms with Crippen LogP contribution in [0.3, 0.4) is 0 Å². The van der Waals surface area contributed by atoms with Crippen molar-refractivity contribution in [3.63, 3.8) is 0 Å². The molecule has 2 nitrogen and oxygen atoms in total. The topological polar surface area (TPSA) is 40.5 Å². The van der Waals surface area contributed by atoms with Gasteiger partial charge in [0.05, 0.1) is 0 Å². The van der Waals surface area contributed by atoms with Crippen molar-refractivity contribution in [1.82, 2.24) is 0 Å². The standard InChI is InChI=1S/C12H19BO2/c1-4-9-7-10(5-2)12(13(14)15)11(6-3)8-9/h7-8,14-15H,4-6H2,1-3H3. The second-order valence-corrected chi connectivity index (χ2v) is 3.76.